The fraction of sp³-hybridized carbons (Fsp3) is 0.571. The molecule has 1 saturated carbocycles. The average Bonchev–Trinajstić information content (AvgIpc) is 3.04. The minimum Gasteiger partial charge on any atom is -0.352 e. The first-order chi connectivity index (χ1) is 8.65. The van der Waals surface area contributed by atoms with E-state index >= 15 is 0 Å². The van der Waals surface area contributed by atoms with Crippen molar-refractivity contribution in [1.29, 1.82) is 0 Å². The zero-order valence-electron chi connectivity index (χ0n) is 10.5. The topological polar surface area (TPSA) is 18.5 Å². The summed E-state index contributed by atoms with van der Waals surface area (Å²) in [4.78, 5) is 0. The SMILES string of the molecule is COC1(OC)C2CC(C3=CC=CC3)C1C(Br)=C2Br. The second kappa shape index (κ2) is 4.58. The molecule has 0 heterocycles. The van der Waals surface area contributed by atoms with Gasteiger partial charge in [0.15, 0.2) is 5.79 Å². The molecule has 0 amide bonds. The van der Waals surface area contributed by atoms with Crippen LogP contribution in [-0.4, -0.2) is 20.0 Å². The summed E-state index contributed by atoms with van der Waals surface area (Å²) >= 11 is 7.42. The third-order valence-electron chi connectivity index (χ3n) is 4.53. The van der Waals surface area contributed by atoms with Gasteiger partial charge in [0.1, 0.15) is 0 Å². The van der Waals surface area contributed by atoms with E-state index in [4.69, 9.17) is 9.47 Å². The molecule has 0 N–H and O–H groups in total. The van der Waals surface area contributed by atoms with Gasteiger partial charge in [-0.15, -0.1) is 0 Å². The average molecular weight is 376 g/mol. The zero-order valence-corrected chi connectivity index (χ0v) is 13.6. The lowest BCUT2D eigenvalue weighted by molar-refractivity contribution is -0.232. The lowest BCUT2D eigenvalue weighted by Crippen LogP contribution is -2.41. The van der Waals surface area contributed by atoms with Crippen molar-refractivity contribution < 1.29 is 9.47 Å². The molecule has 1 fully saturated rings. The molecule has 3 aliphatic carbocycles. The minimum atomic E-state index is -0.508. The predicted octanol–water partition coefficient (Wildman–Crippen LogP) is 4.13. The van der Waals surface area contributed by atoms with Gasteiger partial charge in [0, 0.05) is 29.1 Å². The van der Waals surface area contributed by atoms with Crippen LogP contribution in [0.5, 0.6) is 0 Å². The van der Waals surface area contributed by atoms with Gasteiger partial charge in [-0.25, -0.2) is 0 Å². The van der Waals surface area contributed by atoms with E-state index in [0.717, 1.165) is 12.8 Å². The first-order valence-electron chi connectivity index (χ1n) is 6.16. The van der Waals surface area contributed by atoms with Crippen LogP contribution < -0.4 is 0 Å². The van der Waals surface area contributed by atoms with Gasteiger partial charge in [0.05, 0.1) is 5.92 Å². The summed E-state index contributed by atoms with van der Waals surface area (Å²) in [7, 11) is 3.50. The fourth-order valence-electron chi connectivity index (χ4n) is 3.73. The smallest absolute Gasteiger partial charge is 0.182 e. The molecule has 0 spiro atoms. The van der Waals surface area contributed by atoms with Crippen molar-refractivity contribution >= 4 is 31.9 Å². The number of rotatable bonds is 3. The van der Waals surface area contributed by atoms with E-state index in [9.17, 15) is 0 Å². The van der Waals surface area contributed by atoms with Crippen LogP contribution in [0.15, 0.2) is 32.8 Å². The number of hydrogen-bond donors (Lipinski definition) is 0. The Bertz CT molecular complexity index is 460. The Hall–Kier alpha value is 0.1000. The highest BCUT2D eigenvalue weighted by Gasteiger charge is 2.64. The van der Waals surface area contributed by atoms with Crippen molar-refractivity contribution in [3.05, 3.63) is 32.8 Å². The lowest BCUT2D eigenvalue weighted by Gasteiger charge is -2.33. The molecule has 98 valence electrons. The number of allylic oxidation sites excluding steroid dienone is 4. The van der Waals surface area contributed by atoms with Crippen molar-refractivity contribution in [1.82, 2.24) is 0 Å². The Morgan fingerprint density at radius 2 is 1.94 bits per heavy atom. The van der Waals surface area contributed by atoms with Gasteiger partial charge in [0.2, 0.25) is 0 Å². The second-order valence-electron chi connectivity index (χ2n) is 5.07. The van der Waals surface area contributed by atoms with Crippen molar-refractivity contribution in [3.63, 3.8) is 0 Å². The van der Waals surface area contributed by atoms with Crippen LogP contribution >= 0.6 is 31.9 Å². The molecule has 18 heavy (non-hydrogen) atoms. The highest BCUT2D eigenvalue weighted by Crippen LogP contribution is 2.64. The van der Waals surface area contributed by atoms with Crippen LogP contribution in [0.1, 0.15) is 12.8 Å². The van der Waals surface area contributed by atoms with Gasteiger partial charge in [0.25, 0.3) is 0 Å². The van der Waals surface area contributed by atoms with Gasteiger partial charge in [-0.3, -0.25) is 0 Å². The lowest BCUT2D eigenvalue weighted by atomic mass is 9.85. The van der Waals surface area contributed by atoms with Crippen LogP contribution in [0.4, 0.5) is 0 Å². The third kappa shape index (κ3) is 1.52. The van der Waals surface area contributed by atoms with Crippen LogP contribution in [0.3, 0.4) is 0 Å². The van der Waals surface area contributed by atoms with E-state index in [1.807, 2.05) is 0 Å². The summed E-state index contributed by atoms with van der Waals surface area (Å²) in [6, 6.07) is 0. The largest absolute Gasteiger partial charge is 0.352 e. The first kappa shape index (κ1) is 13.1. The van der Waals surface area contributed by atoms with Crippen molar-refractivity contribution in [2.75, 3.05) is 14.2 Å². The molecule has 4 heteroatoms. The highest BCUT2D eigenvalue weighted by atomic mass is 79.9. The van der Waals surface area contributed by atoms with Crippen LogP contribution in [0, 0.1) is 17.8 Å². The predicted molar refractivity (Wildman–Crippen MR) is 78.6 cm³/mol. The van der Waals surface area contributed by atoms with E-state index < -0.39 is 5.79 Å². The molecule has 3 atom stereocenters. The fourth-order valence-corrected chi connectivity index (χ4v) is 5.39. The molecule has 2 bridgehead atoms. The van der Waals surface area contributed by atoms with Gasteiger partial charge in [-0.05, 0) is 18.8 Å². The third-order valence-corrected chi connectivity index (χ3v) is 6.96. The van der Waals surface area contributed by atoms with Crippen LogP contribution in [0.2, 0.25) is 0 Å². The Morgan fingerprint density at radius 3 is 2.44 bits per heavy atom. The summed E-state index contributed by atoms with van der Waals surface area (Å²) in [5.74, 6) is 0.558. The molecule has 3 rings (SSSR count). The maximum atomic E-state index is 5.79. The van der Waals surface area contributed by atoms with E-state index in [0.29, 0.717) is 11.8 Å². The molecule has 3 unspecified atom stereocenters. The summed E-state index contributed by atoms with van der Waals surface area (Å²) < 4.78 is 14.0. The van der Waals surface area contributed by atoms with E-state index in [1.54, 1.807) is 14.2 Å². The molecule has 0 saturated heterocycles. The van der Waals surface area contributed by atoms with Crippen LogP contribution in [-0.2, 0) is 9.47 Å². The van der Waals surface area contributed by atoms with Crippen molar-refractivity contribution in [2.24, 2.45) is 17.8 Å². The number of ether oxygens (including phenoxy) is 2. The molecule has 0 aromatic carbocycles. The molecular weight excluding hydrogens is 360 g/mol. The molecule has 0 radical (unpaired) electrons. The Labute approximate surface area is 124 Å². The maximum absolute atomic E-state index is 5.79. The van der Waals surface area contributed by atoms with Crippen LogP contribution in [0.25, 0.3) is 0 Å². The summed E-state index contributed by atoms with van der Waals surface area (Å²) in [6.07, 6.45) is 8.77. The van der Waals surface area contributed by atoms with Gasteiger partial charge in [-0.1, -0.05) is 55.7 Å². The van der Waals surface area contributed by atoms with Gasteiger partial charge < -0.3 is 9.47 Å². The van der Waals surface area contributed by atoms with Gasteiger partial charge in [-0.2, -0.15) is 0 Å². The molecule has 0 aromatic heterocycles. The first-order valence-corrected chi connectivity index (χ1v) is 7.75. The summed E-state index contributed by atoms with van der Waals surface area (Å²) in [5.41, 5.74) is 1.50. The van der Waals surface area contributed by atoms with E-state index in [-0.39, 0.29) is 5.92 Å². The van der Waals surface area contributed by atoms with E-state index in [1.165, 1.54) is 14.5 Å². The quantitative estimate of drug-likeness (QED) is 0.690. The highest BCUT2D eigenvalue weighted by molar-refractivity contribution is 9.14. The molecular formula is C14H16Br2O2. The molecule has 2 nitrogen and oxygen atoms in total. The summed E-state index contributed by atoms with van der Waals surface area (Å²) in [6.45, 7) is 0. The molecule has 0 aromatic rings. The number of fused-ring (bicyclic) bond motifs is 2. The Balaban J connectivity index is 2.00. The Kier molecular flexibility index (Phi) is 3.34. The monoisotopic (exact) mass is 374 g/mol. The van der Waals surface area contributed by atoms with Crippen molar-refractivity contribution in [3.8, 4) is 0 Å². The van der Waals surface area contributed by atoms with Crippen molar-refractivity contribution in [2.45, 2.75) is 18.6 Å². The van der Waals surface area contributed by atoms with E-state index in [2.05, 4.69) is 50.1 Å². The Morgan fingerprint density at radius 1 is 1.22 bits per heavy atom. The number of halogens is 2. The second-order valence-corrected chi connectivity index (χ2v) is 6.78. The normalized spacial score (nSPS) is 36.7. The minimum absolute atomic E-state index is 0.262. The molecule has 3 aliphatic rings. The number of methoxy groups -OCH3 is 2. The standard InChI is InChI=1S/C14H16Br2O2/c1-17-14(18-2)10-7-9(8-5-3-4-6-8)11(14)13(16)12(10)15/h3-5,9-11H,6-7H2,1-2H3. The van der Waals surface area contributed by atoms with Gasteiger partial charge >= 0.3 is 0 Å². The maximum Gasteiger partial charge on any atom is 0.182 e. The zero-order chi connectivity index (χ0) is 12.9. The summed E-state index contributed by atoms with van der Waals surface area (Å²) in [5, 5.41) is 0. The molecule has 0 aliphatic heterocycles. The number of hydrogen-bond acceptors (Lipinski definition) is 2.